The number of benzene rings is 2. The Balaban J connectivity index is 2.07. The fraction of sp³-hybridized carbons (Fsp3) is 0.111. The molecule has 0 aliphatic rings. The maximum atomic E-state index is 12.7. The van der Waals surface area contributed by atoms with E-state index in [1.165, 1.54) is 16.7 Å². The van der Waals surface area contributed by atoms with Gasteiger partial charge in [0.05, 0.1) is 27.8 Å². The van der Waals surface area contributed by atoms with Crippen molar-refractivity contribution >= 4 is 20.7 Å². The van der Waals surface area contributed by atoms with Crippen LogP contribution in [0.5, 0.6) is 0 Å². The minimum Gasteiger partial charge on any atom is -0.311 e. The van der Waals surface area contributed by atoms with Gasteiger partial charge in [0.25, 0.3) is 5.56 Å². The van der Waals surface area contributed by atoms with E-state index in [0.29, 0.717) is 22.0 Å². The van der Waals surface area contributed by atoms with Crippen molar-refractivity contribution in [3.8, 4) is 6.07 Å². The zero-order valence-electron chi connectivity index (χ0n) is 12.9. The second-order valence-corrected chi connectivity index (χ2v) is 7.47. The topological polar surface area (TPSA) is 79.9 Å². The number of nitriles is 1. The van der Waals surface area contributed by atoms with E-state index in [4.69, 9.17) is 5.26 Å². The smallest absolute Gasteiger partial charge is 0.250 e. The molecule has 24 heavy (non-hydrogen) atoms. The summed E-state index contributed by atoms with van der Waals surface area (Å²) in [6.45, 7) is 0. The monoisotopic (exact) mass is 338 g/mol. The molecule has 0 saturated heterocycles. The number of nitrogens with zero attached hydrogens (tertiary/aromatic N) is 2. The third-order valence-corrected chi connectivity index (χ3v) is 5.60. The molecular formula is C18H14N2O3S. The highest BCUT2D eigenvalue weighted by Crippen LogP contribution is 2.22. The zero-order chi connectivity index (χ0) is 17.3. The van der Waals surface area contributed by atoms with Crippen molar-refractivity contribution in [1.82, 2.24) is 4.57 Å². The van der Waals surface area contributed by atoms with Gasteiger partial charge in [-0.05, 0) is 41.3 Å². The summed E-state index contributed by atoms with van der Waals surface area (Å²) in [7, 11) is -1.96. The summed E-state index contributed by atoms with van der Waals surface area (Å²) >= 11 is 0. The SMILES string of the molecule is Cn1c(=O)ccc2cc(S(=O)(=O)Cc3ccccc3C#N)ccc21. The fourth-order valence-electron chi connectivity index (χ4n) is 2.60. The molecule has 0 aliphatic heterocycles. The van der Waals surface area contributed by atoms with Gasteiger partial charge in [0.15, 0.2) is 9.84 Å². The lowest BCUT2D eigenvalue weighted by molar-refractivity contribution is 0.595. The molecule has 0 aliphatic carbocycles. The van der Waals surface area contributed by atoms with Crippen LogP contribution in [0.2, 0.25) is 0 Å². The van der Waals surface area contributed by atoms with Crippen LogP contribution in [0, 0.1) is 11.3 Å². The Morgan fingerprint density at radius 3 is 2.58 bits per heavy atom. The van der Waals surface area contributed by atoms with Crippen LogP contribution >= 0.6 is 0 Å². The maximum Gasteiger partial charge on any atom is 0.250 e. The van der Waals surface area contributed by atoms with Gasteiger partial charge < -0.3 is 4.57 Å². The molecule has 0 atom stereocenters. The van der Waals surface area contributed by atoms with Crippen LogP contribution < -0.4 is 5.56 Å². The van der Waals surface area contributed by atoms with Gasteiger partial charge in [-0.15, -0.1) is 0 Å². The Kier molecular flexibility index (Phi) is 3.96. The van der Waals surface area contributed by atoms with Crippen molar-refractivity contribution < 1.29 is 8.42 Å². The van der Waals surface area contributed by atoms with Crippen LogP contribution in [-0.2, 0) is 22.6 Å². The number of sulfone groups is 1. The average molecular weight is 338 g/mol. The Bertz CT molecular complexity index is 1140. The second-order valence-electron chi connectivity index (χ2n) is 5.48. The molecule has 3 aromatic rings. The molecule has 2 aromatic carbocycles. The minimum absolute atomic E-state index is 0.152. The Hall–Kier alpha value is -2.91. The van der Waals surface area contributed by atoms with E-state index in [9.17, 15) is 13.2 Å². The number of aryl methyl sites for hydroxylation is 1. The standard InChI is InChI=1S/C18H14N2O3S/c1-20-17-8-7-16(10-13(17)6-9-18(20)21)24(22,23)12-15-5-3-2-4-14(15)11-19/h2-10H,12H2,1H3. The van der Waals surface area contributed by atoms with Crippen molar-refractivity contribution in [2.75, 3.05) is 0 Å². The van der Waals surface area contributed by atoms with Crippen LogP contribution in [0.25, 0.3) is 10.9 Å². The lowest BCUT2D eigenvalue weighted by Crippen LogP contribution is -2.15. The number of fused-ring (bicyclic) bond motifs is 1. The van der Waals surface area contributed by atoms with Gasteiger partial charge in [-0.1, -0.05) is 18.2 Å². The highest BCUT2D eigenvalue weighted by Gasteiger charge is 2.18. The van der Waals surface area contributed by atoms with E-state index in [2.05, 4.69) is 0 Å². The fourth-order valence-corrected chi connectivity index (χ4v) is 4.01. The van der Waals surface area contributed by atoms with Crippen molar-refractivity contribution in [1.29, 1.82) is 5.26 Å². The van der Waals surface area contributed by atoms with Crippen molar-refractivity contribution in [3.05, 3.63) is 76.1 Å². The first-order valence-electron chi connectivity index (χ1n) is 7.23. The lowest BCUT2D eigenvalue weighted by atomic mass is 10.1. The summed E-state index contributed by atoms with van der Waals surface area (Å²) in [4.78, 5) is 11.8. The third-order valence-electron chi connectivity index (χ3n) is 3.94. The van der Waals surface area contributed by atoms with Gasteiger partial charge in [-0.2, -0.15) is 5.26 Å². The lowest BCUT2D eigenvalue weighted by Gasteiger charge is -2.09. The molecule has 0 radical (unpaired) electrons. The van der Waals surface area contributed by atoms with Gasteiger partial charge in [-0.25, -0.2) is 8.42 Å². The van der Waals surface area contributed by atoms with E-state index in [-0.39, 0.29) is 16.2 Å². The zero-order valence-corrected chi connectivity index (χ0v) is 13.7. The molecule has 5 nitrogen and oxygen atoms in total. The molecule has 3 rings (SSSR count). The highest BCUT2D eigenvalue weighted by molar-refractivity contribution is 7.90. The first-order chi connectivity index (χ1) is 11.4. The number of hydrogen-bond donors (Lipinski definition) is 0. The van der Waals surface area contributed by atoms with E-state index in [0.717, 1.165) is 0 Å². The molecule has 0 N–H and O–H groups in total. The molecule has 1 aromatic heterocycles. The highest BCUT2D eigenvalue weighted by atomic mass is 32.2. The molecule has 1 heterocycles. The van der Waals surface area contributed by atoms with Crippen LogP contribution in [0.15, 0.2) is 64.3 Å². The number of hydrogen-bond acceptors (Lipinski definition) is 4. The van der Waals surface area contributed by atoms with Crippen LogP contribution in [0.3, 0.4) is 0 Å². The van der Waals surface area contributed by atoms with Gasteiger partial charge in [0, 0.05) is 13.1 Å². The van der Waals surface area contributed by atoms with Crippen LogP contribution in [0.1, 0.15) is 11.1 Å². The van der Waals surface area contributed by atoms with Crippen LogP contribution in [-0.4, -0.2) is 13.0 Å². The summed E-state index contributed by atoms with van der Waals surface area (Å²) in [5.74, 6) is -0.242. The molecule has 0 spiro atoms. The summed E-state index contributed by atoms with van der Waals surface area (Å²) in [5, 5.41) is 9.78. The van der Waals surface area contributed by atoms with Crippen molar-refractivity contribution in [2.45, 2.75) is 10.6 Å². The number of rotatable bonds is 3. The normalized spacial score (nSPS) is 11.3. The Morgan fingerprint density at radius 2 is 1.83 bits per heavy atom. The molecule has 0 fully saturated rings. The molecule has 120 valence electrons. The Morgan fingerprint density at radius 1 is 1.08 bits per heavy atom. The van der Waals surface area contributed by atoms with E-state index in [1.54, 1.807) is 49.5 Å². The first-order valence-corrected chi connectivity index (χ1v) is 8.88. The molecule has 0 unspecified atom stereocenters. The summed E-state index contributed by atoms with van der Waals surface area (Å²) in [6.07, 6.45) is 0. The van der Waals surface area contributed by atoms with Gasteiger partial charge in [0.2, 0.25) is 0 Å². The van der Waals surface area contributed by atoms with Crippen molar-refractivity contribution in [3.63, 3.8) is 0 Å². The van der Waals surface area contributed by atoms with E-state index in [1.807, 2.05) is 6.07 Å². The van der Waals surface area contributed by atoms with Gasteiger partial charge in [-0.3, -0.25) is 4.79 Å². The van der Waals surface area contributed by atoms with E-state index >= 15 is 0 Å². The largest absolute Gasteiger partial charge is 0.311 e. The third kappa shape index (κ3) is 2.82. The predicted octanol–water partition coefficient (Wildman–Crippen LogP) is 2.38. The molecule has 6 heteroatoms. The molecule has 0 bridgehead atoms. The first kappa shape index (κ1) is 16.0. The second kappa shape index (κ2) is 5.95. The van der Waals surface area contributed by atoms with Gasteiger partial charge in [0.1, 0.15) is 0 Å². The quantitative estimate of drug-likeness (QED) is 0.734. The molecule has 0 amide bonds. The van der Waals surface area contributed by atoms with Crippen molar-refractivity contribution in [2.24, 2.45) is 7.05 Å². The van der Waals surface area contributed by atoms with Gasteiger partial charge >= 0.3 is 0 Å². The predicted molar refractivity (Wildman–Crippen MR) is 91.2 cm³/mol. The number of aromatic nitrogens is 1. The summed E-state index contributed by atoms with van der Waals surface area (Å²) in [5.41, 5.74) is 1.34. The minimum atomic E-state index is -3.60. The summed E-state index contributed by atoms with van der Waals surface area (Å²) < 4.78 is 26.8. The molecule has 0 saturated carbocycles. The summed E-state index contributed by atoms with van der Waals surface area (Å²) in [6, 6.07) is 16.3. The number of pyridine rings is 1. The van der Waals surface area contributed by atoms with Crippen LogP contribution in [0.4, 0.5) is 0 Å². The Labute approximate surface area is 139 Å². The maximum absolute atomic E-state index is 12.7. The molecular weight excluding hydrogens is 324 g/mol. The average Bonchev–Trinajstić information content (AvgIpc) is 2.58. The van der Waals surface area contributed by atoms with E-state index < -0.39 is 9.84 Å².